The molecule has 0 unspecified atom stereocenters. The lowest BCUT2D eigenvalue weighted by atomic mass is 9.87. The highest BCUT2D eigenvalue weighted by Crippen LogP contribution is 2.32. The summed E-state index contributed by atoms with van der Waals surface area (Å²) in [6.45, 7) is 17.6. The smallest absolute Gasteiger partial charge is 0.264 e. The van der Waals surface area contributed by atoms with Crippen molar-refractivity contribution in [1.82, 2.24) is 24.8 Å². The molecule has 0 radical (unpaired) electrons. The molecule has 1 amide bonds. The predicted molar refractivity (Wildman–Crippen MR) is 198 cm³/mol. The van der Waals surface area contributed by atoms with Gasteiger partial charge in [0.2, 0.25) is 11.8 Å². The number of rotatable bonds is 8. The van der Waals surface area contributed by atoms with Gasteiger partial charge in [0.1, 0.15) is 12.4 Å². The lowest BCUT2D eigenvalue weighted by molar-refractivity contribution is 0.00163. The third-order valence-corrected chi connectivity index (χ3v) is 9.71. The summed E-state index contributed by atoms with van der Waals surface area (Å²) in [5, 5.41) is 0. The number of nitrogens with one attached hydrogen (secondary N) is 1. The van der Waals surface area contributed by atoms with Crippen LogP contribution in [-0.2, 0) is 21.3 Å². The van der Waals surface area contributed by atoms with Gasteiger partial charge in [0.25, 0.3) is 15.9 Å². The highest BCUT2D eigenvalue weighted by molar-refractivity contribution is 7.92. The van der Waals surface area contributed by atoms with E-state index in [4.69, 9.17) is 14.5 Å². The van der Waals surface area contributed by atoms with E-state index < -0.39 is 16.1 Å². The topological polar surface area (TPSA) is 140 Å². The number of hydrogen-bond donors (Lipinski definition) is 1. The maximum Gasteiger partial charge on any atom is 0.264 e. The van der Waals surface area contributed by atoms with E-state index >= 15 is 0 Å². The maximum absolute atomic E-state index is 14.5. The summed E-state index contributed by atoms with van der Waals surface area (Å²) in [4.78, 5) is 36.5. The Morgan fingerprint density at radius 3 is 2.37 bits per heavy atom. The molecule has 4 bridgehead atoms. The second-order valence-electron chi connectivity index (χ2n) is 15.2. The van der Waals surface area contributed by atoms with Gasteiger partial charge in [0, 0.05) is 30.8 Å². The molecule has 13 heteroatoms. The third kappa shape index (κ3) is 9.79. The number of likely N-dealkylation sites (N-methyl/N-ethyl adjacent to an activating group) is 1. The minimum Gasteiger partial charge on any atom is -0.475 e. The molecule has 0 fully saturated rings. The number of ether oxygens (including phenoxy) is 2. The summed E-state index contributed by atoms with van der Waals surface area (Å²) in [5.74, 6) is 0.323. The Balaban J connectivity index is 1.58. The van der Waals surface area contributed by atoms with Crippen LogP contribution in [0, 0.1) is 19.3 Å². The molecular weight excluding hydrogens is 667 g/mol. The molecule has 4 aromatic rings. The molecule has 0 spiro atoms. The lowest BCUT2D eigenvalue weighted by Crippen LogP contribution is -2.45. The number of fused-ring (bicyclic) bond motifs is 4. The average Bonchev–Trinajstić information content (AvgIpc) is 3.04. The monoisotopic (exact) mass is 715 g/mol. The zero-order chi connectivity index (χ0) is 37.1. The first-order valence-corrected chi connectivity index (χ1v) is 18.6. The van der Waals surface area contributed by atoms with Gasteiger partial charge in [0.05, 0.1) is 53.5 Å². The van der Waals surface area contributed by atoms with Crippen molar-refractivity contribution in [2.24, 2.45) is 5.41 Å². The first-order valence-electron chi connectivity index (χ1n) is 17.1. The molecular formula is C38H49N7O5S. The van der Waals surface area contributed by atoms with Gasteiger partial charge in [0.15, 0.2) is 0 Å². The van der Waals surface area contributed by atoms with Crippen LogP contribution in [0.15, 0.2) is 65.8 Å². The van der Waals surface area contributed by atoms with E-state index in [1.54, 1.807) is 35.5 Å². The molecule has 1 atom stereocenters. The summed E-state index contributed by atoms with van der Waals surface area (Å²) in [6, 6.07) is 13.2. The lowest BCUT2D eigenvalue weighted by Gasteiger charge is -2.35. The van der Waals surface area contributed by atoms with Crippen LogP contribution in [-0.4, -0.2) is 77.6 Å². The minimum absolute atomic E-state index is 0.0786. The summed E-state index contributed by atoms with van der Waals surface area (Å²) in [6.07, 6.45) is 3.89. The van der Waals surface area contributed by atoms with Crippen LogP contribution in [0.1, 0.15) is 75.1 Å². The van der Waals surface area contributed by atoms with E-state index in [-0.39, 0.29) is 52.4 Å². The van der Waals surface area contributed by atoms with Crippen molar-refractivity contribution in [2.45, 2.75) is 84.9 Å². The molecule has 1 aliphatic rings. The Hall–Kier alpha value is -4.62. The normalized spacial score (nSPS) is 16.3. The molecule has 1 aliphatic heterocycles. The number of carbonyl (C=O) groups excluding carboxylic acids is 1. The average molecular weight is 716 g/mol. The molecule has 2 aromatic carbocycles. The number of sulfonamides is 1. The van der Waals surface area contributed by atoms with Gasteiger partial charge in [-0.1, -0.05) is 45.0 Å². The Morgan fingerprint density at radius 2 is 1.69 bits per heavy atom. The summed E-state index contributed by atoms with van der Waals surface area (Å²) in [7, 11) is -2.27. The molecule has 0 aliphatic carbocycles. The van der Waals surface area contributed by atoms with Gasteiger partial charge < -0.3 is 19.3 Å². The summed E-state index contributed by atoms with van der Waals surface area (Å²) >= 11 is 0. The van der Waals surface area contributed by atoms with Crippen molar-refractivity contribution < 1.29 is 22.7 Å². The Labute approximate surface area is 301 Å². The quantitative estimate of drug-likeness (QED) is 0.217. The van der Waals surface area contributed by atoms with Crippen molar-refractivity contribution in [3.63, 3.8) is 0 Å². The highest BCUT2D eigenvalue weighted by Gasteiger charge is 2.32. The maximum atomic E-state index is 14.5. The van der Waals surface area contributed by atoms with E-state index in [1.807, 2.05) is 64.8 Å². The largest absolute Gasteiger partial charge is 0.475 e. The fourth-order valence-electron chi connectivity index (χ4n) is 5.98. The van der Waals surface area contributed by atoms with E-state index in [2.05, 4.69) is 40.4 Å². The third-order valence-electron chi connectivity index (χ3n) is 8.39. The number of hydrogen-bond acceptors (Lipinski definition) is 10. The fourth-order valence-corrected chi connectivity index (χ4v) is 6.97. The fraction of sp³-hybridized carbons (Fsp3) is 0.447. The molecule has 1 N–H and O–H groups in total. The molecule has 3 heterocycles. The summed E-state index contributed by atoms with van der Waals surface area (Å²) < 4.78 is 42.3. The van der Waals surface area contributed by atoms with Gasteiger partial charge in [-0.15, -0.1) is 0 Å². The van der Waals surface area contributed by atoms with Crippen LogP contribution in [0.3, 0.4) is 0 Å². The van der Waals surface area contributed by atoms with Crippen molar-refractivity contribution in [3.05, 3.63) is 83.3 Å². The molecule has 12 nitrogen and oxygen atoms in total. The molecule has 0 saturated carbocycles. The number of aryl methyl sites for hydroxylation is 2. The van der Waals surface area contributed by atoms with Crippen LogP contribution in [0.25, 0.3) is 11.3 Å². The van der Waals surface area contributed by atoms with Crippen LogP contribution >= 0.6 is 0 Å². The number of carbonyl (C=O) groups is 1. The zero-order valence-electron chi connectivity index (χ0n) is 31.0. The van der Waals surface area contributed by atoms with Crippen LogP contribution in [0.2, 0.25) is 0 Å². The highest BCUT2D eigenvalue weighted by atomic mass is 32.2. The van der Waals surface area contributed by atoms with Crippen molar-refractivity contribution in [3.8, 4) is 17.1 Å². The van der Waals surface area contributed by atoms with E-state index in [1.165, 1.54) is 12.1 Å². The number of amides is 1. The van der Waals surface area contributed by atoms with Gasteiger partial charge in [-0.3, -0.25) is 9.78 Å². The van der Waals surface area contributed by atoms with Crippen molar-refractivity contribution >= 4 is 27.7 Å². The molecule has 5 rings (SSSR count). The number of nitrogens with zero attached hydrogens (tertiary/aromatic N) is 6. The molecule has 51 heavy (non-hydrogen) atoms. The van der Waals surface area contributed by atoms with Gasteiger partial charge in [-0.25, -0.2) is 23.1 Å². The van der Waals surface area contributed by atoms with E-state index in [9.17, 15) is 13.2 Å². The van der Waals surface area contributed by atoms with Crippen LogP contribution in [0.5, 0.6) is 5.88 Å². The molecule has 0 saturated heterocycles. The zero-order valence-corrected chi connectivity index (χ0v) is 31.8. The Morgan fingerprint density at radius 1 is 0.980 bits per heavy atom. The second-order valence-corrected chi connectivity index (χ2v) is 16.9. The number of anilines is 2. The Kier molecular flexibility index (Phi) is 11.0. The number of aromatic nitrogens is 4. The van der Waals surface area contributed by atoms with Crippen LogP contribution in [0.4, 0.5) is 11.8 Å². The van der Waals surface area contributed by atoms with Crippen LogP contribution < -0.4 is 14.4 Å². The minimum atomic E-state index is -4.19. The first-order chi connectivity index (χ1) is 23.9. The van der Waals surface area contributed by atoms with Crippen molar-refractivity contribution in [1.29, 1.82) is 0 Å². The summed E-state index contributed by atoms with van der Waals surface area (Å²) in [5.41, 5.74) is 3.61. The van der Waals surface area contributed by atoms with Crippen molar-refractivity contribution in [2.75, 3.05) is 36.4 Å². The first kappa shape index (κ1) is 37.6. The number of benzene rings is 2. The van der Waals surface area contributed by atoms with Gasteiger partial charge >= 0.3 is 0 Å². The predicted octanol–water partition coefficient (Wildman–Crippen LogP) is 6.44. The molecule has 2 aromatic heterocycles. The van der Waals surface area contributed by atoms with Gasteiger partial charge in [-0.05, 0) is 75.8 Å². The standard InChI is InChI=1S/C38H49N7O5S/c1-25-12-10-13-26(2)34(25)31-19-33-42-36(41-31)43-51(47,48)30-15-11-14-27(18-30)35(46)45(29(24-49-33)20-37(3,4)5)23-28-21-39-22-32(40-28)44(9)16-17-50-38(6,7)8/h10-15,18-19,21-22,29H,16-17,20,23-24H2,1-9H3,(H,41,42,43)/t29-/m1/s1. The Bertz CT molecular complexity index is 1970. The van der Waals surface area contributed by atoms with Gasteiger partial charge in [-0.2, -0.15) is 4.98 Å². The van der Waals surface area contributed by atoms with E-state index in [0.29, 0.717) is 36.8 Å². The SMILES string of the molecule is Cc1cccc(C)c1-c1cc2nc(n1)NS(=O)(=O)c1cccc(c1)C(=O)N(Cc1cncc(N(C)CCOC(C)(C)C)n1)[C@H](CC(C)(C)C)CO2. The second kappa shape index (κ2) is 14.9. The van der Waals surface area contributed by atoms with E-state index in [0.717, 1.165) is 16.7 Å². The molecule has 272 valence electrons.